The summed E-state index contributed by atoms with van der Waals surface area (Å²) in [4.78, 5) is 32.7. The van der Waals surface area contributed by atoms with Crippen molar-refractivity contribution < 1.29 is 29.0 Å². The highest BCUT2D eigenvalue weighted by Crippen LogP contribution is 2.17. The number of nitrogens with one attached hydrogen (secondary N) is 1. The van der Waals surface area contributed by atoms with Crippen LogP contribution in [0.3, 0.4) is 0 Å². The number of ether oxygens (including phenoxy) is 2. The first kappa shape index (κ1) is 17.5. The maximum atomic E-state index is 11.4. The highest BCUT2D eigenvalue weighted by atomic mass is 16.6. The van der Waals surface area contributed by atoms with Gasteiger partial charge < -0.3 is 19.9 Å². The Morgan fingerprint density at radius 1 is 1.27 bits per heavy atom. The minimum Gasteiger partial charge on any atom is -0.490 e. The molecule has 7 heteroatoms. The molecule has 0 radical (unpaired) electrons. The molecule has 1 aromatic carbocycles. The Hall–Kier alpha value is -2.57. The molecule has 0 fully saturated rings. The third-order valence-corrected chi connectivity index (χ3v) is 2.51. The van der Waals surface area contributed by atoms with Crippen LogP contribution in [0.25, 0.3) is 0 Å². The number of amides is 1. The smallest absolute Gasteiger partial charge is 0.306 e. The molecule has 22 heavy (non-hydrogen) atoms. The number of anilines is 1. The van der Waals surface area contributed by atoms with Gasteiger partial charge in [0.15, 0.2) is 0 Å². The van der Waals surface area contributed by atoms with Gasteiger partial charge in [-0.05, 0) is 19.1 Å². The molecule has 0 spiro atoms. The summed E-state index contributed by atoms with van der Waals surface area (Å²) >= 11 is 0. The van der Waals surface area contributed by atoms with E-state index >= 15 is 0 Å². The largest absolute Gasteiger partial charge is 0.490 e. The van der Waals surface area contributed by atoms with E-state index in [1.807, 2.05) is 0 Å². The molecular weight excluding hydrogens is 290 g/mol. The van der Waals surface area contributed by atoms with Crippen LogP contribution in [0, 0.1) is 0 Å². The van der Waals surface area contributed by atoms with Crippen molar-refractivity contribution in [3.05, 3.63) is 24.3 Å². The van der Waals surface area contributed by atoms with Gasteiger partial charge in [0.05, 0.1) is 12.8 Å². The van der Waals surface area contributed by atoms with Crippen LogP contribution >= 0.6 is 0 Å². The van der Waals surface area contributed by atoms with E-state index in [1.165, 1.54) is 6.92 Å². The van der Waals surface area contributed by atoms with Gasteiger partial charge in [0.1, 0.15) is 18.5 Å². The molecule has 0 saturated heterocycles. The third-order valence-electron chi connectivity index (χ3n) is 2.51. The Labute approximate surface area is 128 Å². The van der Waals surface area contributed by atoms with Crippen LogP contribution in [-0.4, -0.2) is 35.7 Å². The second-order valence-corrected chi connectivity index (χ2v) is 4.71. The van der Waals surface area contributed by atoms with Gasteiger partial charge in [-0.15, -0.1) is 0 Å². The zero-order valence-electron chi connectivity index (χ0n) is 12.5. The first-order valence-corrected chi connectivity index (χ1v) is 6.78. The quantitative estimate of drug-likeness (QED) is 0.710. The molecule has 0 aliphatic carbocycles. The second kappa shape index (κ2) is 8.66. The lowest BCUT2D eigenvalue weighted by Gasteiger charge is -2.14. The number of carbonyl (C=O) groups is 3. The average Bonchev–Trinajstić information content (AvgIpc) is 2.42. The van der Waals surface area contributed by atoms with Gasteiger partial charge >= 0.3 is 11.9 Å². The minimum atomic E-state index is -1.05. The van der Waals surface area contributed by atoms with Crippen LogP contribution in [-0.2, 0) is 19.1 Å². The number of hydrogen-bond acceptors (Lipinski definition) is 5. The predicted molar refractivity (Wildman–Crippen MR) is 78.7 cm³/mol. The number of esters is 1. The molecule has 1 amide bonds. The van der Waals surface area contributed by atoms with Crippen molar-refractivity contribution in [3.8, 4) is 5.75 Å². The summed E-state index contributed by atoms with van der Waals surface area (Å²) in [6, 6.07) is 6.82. The van der Waals surface area contributed by atoms with Crippen molar-refractivity contribution in [2.45, 2.75) is 32.8 Å². The lowest BCUT2D eigenvalue weighted by atomic mass is 10.3. The number of hydrogen-bond donors (Lipinski definition) is 2. The molecular formula is C15H19NO6. The van der Waals surface area contributed by atoms with Crippen LogP contribution in [0.15, 0.2) is 24.3 Å². The average molecular weight is 309 g/mol. The number of carboxylic acids is 1. The van der Waals surface area contributed by atoms with E-state index < -0.39 is 18.0 Å². The summed E-state index contributed by atoms with van der Waals surface area (Å²) < 4.78 is 10.5. The van der Waals surface area contributed by atoms with Crippen molar-refractivity contribution in [2.24, 2.45) is 0 Å². The monoisotopic (exact) mass is 309 g/mol. The third kappa shape index (κ3) is 7.28. The molecule has 1 rings (SSSR count). The minimum absolute atomic E-state index is 0.127. The SMILES string of the molecule is CC(=O)Nc1cccc(OC[C@@H](C)OC(=O)CCC(=O)O)c1. The molecule has 0 heterocycles. The van der Waals surface area contributed by atoms with Gasteiger partial charge in [0.25, 0.3) is 0 Å². The molecule has 0 saturated carbocycles. The normalized spacial score (nSPS) is 11.4. The number of rotatable bonds is 8. The fourth-order valence-corrected chi connectivity index (χ4v) is 1.61. The van der Waals surface area contributed by atoms with Gasteiger partial charge in [0, 0.05) is 18.7 Å². The van der Waals surface area contributed by atoms with E-state index in [2.05, 4.69) is 5.32 Å². The fourth-order valence-electron chi connectivity index (χ4n) is 1.61. The number of carbonyl (C=O) groups excluding carboxylic acids is 2. The molecule has 1 atom stereocenters. The van der Waals surface area contributed by atoms with E-state index in [0.29, 0.717) is 11.4 Å². The van der Waals surface area contributed by atoms with Crippen molar-refractivity contribution in [1.82, 2.24) is 0 Å². The summed E-state index contributed by atoms with van der Waals surface area (Å²) in [5, 5.41) is 11.1. The Morgan fingerprint density at radius 3 is 2.64 bits per heavy atom. The Morgan fingerprint density at radius 2 is 2.00 bits per heavy atom. The summed E-state index contributed by atoms with van der Waals surface area (Å²) in [7, 11) is 0. The summed E-state index contributed by atoms with van der Waals surface area (Å²) in [6.45, 7) is 3.19. The molecule has 7 nitrogen and oxygen atoms in total. The van der Waals surface area contributed by atoms with Crippen LogP contribution < -0.4 is 10.1 Å². The van der Waals surface area contributed by atoms with Crippen molar-refractivity contribution in [2.75, 3.05) is 11.9 Å². The molecule has 0 bridgehead atoms. The van der Waals surface area contributed by atoms with Crippen LogP contribution in [0.5, 0.6) is 5.75 Å². The summed E-state index contributed by atoms with van der Waals surface area (Å²) in [5.41, 5.74) is 0.608. The van der Waals surface area contributed by atoms with Crippen molar-refractivity contribution >= 4 is 23.5 Å². The highest BCUT2D eigenvalue weighted by Gasteiger charge is 2.12. The summed E-state index contributed by atoms with van der Waals surface area (Å²) in [6.07, 6.45) is -0.936. The summed E-state index contributed by atoms with van der Waals surface area (Å²) in [5.74, 6) is -1.28. The Balaban J connectivity index is 2.40. The van der Waals surface area contributed by atoms with E-state index in [0.717, 1.165) is 0 Å². The zero-order valence-corrected chi connectivity index (χ0v) is 12.5. The maximum absolute atomic E-state index is 11.4. The van der Waals surface area contributed by atoms with Gasteiger partial charge in [-0.25, -0.2) is 0 Å². The molecule has 1 aromatic rings. The van der Waals surface area contributed by atoms with Gasteiger partial charge in [-0.2, -0.15) is 0 Å². The molecule has 120 valence electrons. The van der Waals surface area contributed by atoms with Crippen molar-refractivity contribution in [3.63, 3.8) is 0 Å². The topological polar surface area (TPSA) is 102 Å². The van der Waals surface area contributed by atoms with E-state index in [-0.39, 0.29) is 25.4 Å². The van der Waals surface area contributed by atoms with Crippen LogP contribution in [0.4, 0.5) is 5.69 Å². The van der Waals surface area contributed by atoms with Gasteiger partial charge in [-0.1, -0.05) is 6.07 Å². The van der Waals surface area contributed by atoms with E-state index in [1.54, 1.807) is 31.2 Å². The number of carboxylic acid groups (broad SMARTS) is 1. The maximum Gasteiger partial charge on any atom is 0.306 e. The number of aliphatic carboxylic acids is 1. The first-order valence-electron chi connectivity index (χ1n) is 6.78. The standard InChI is InChI=1S/C15H19NO6/c1-10(22-15(20)7-6-14(18)19)9-21-13-5-3-4-12(8-13)16-11(2)17/h3-5,8,10H,6-7,9H2,1-2H3,(H,16,17)(H,18,19)/t10-/m1/s1. The molecule has 0 aliphatic rings. The Bertz CT molecular complexity index is 543. The van der Waals surface area contributed by atoms with E-state index in [4.69, 9.17) is 14.6 Å². The Kier molecular flexibility index (Phi) is 6.88. The van der Waals surface area contributed by atoms with E-state index in [9.17, 15) is 14.4 Å². The lowest BCUT2D eigenvalue weighted by Crippen LogP contribution is -2.22. The molecule has 0 aliphatic heterocycles. The molecule has 0 aromatic heterocycles. The fraction of sp³-hybridized carbons (Fsp3) is 0.400. The predicted octanol–water partition coefficient (Wildman–Crippen LogP) is 1.82. The molecule has 2 N–H and O–H groups in total. The number of benzene rings is 1. The second-order valence-electron chi connectivity index (χ2n) is 4.71. The zero-order chi connectivity index (χ0) is 16.5. The van der Waals surface area contributed by atoms with Gasteiger partial charge in [0.2, 0.25) is 5.91 Å². The lowest BCUT2D eigenvalue weighted by molar-refractivity contribution is -0.152. The highest BCUT2D eigenvalue weighted by molar-refractivity contribution is 5.88. The molecule has 0 unspecified atom stereocenters. The van der Waals surface area contributed by atoms with Crippen LogP contribution in [0.1, 0.15) is 26.7 Å². The first-order chi connectivity index (χ1) is 10.4. The van der Waals surface area contributed by atoms with Crippen molar-refractivity contribution in [1.29, 1.82) is 0 Å². The van der Waals surface area contributed by atoms with Gasteiger partial charge in [-0.3, -0.25) is 14.4 Å². The van der Waals surface area contributed by atoms with Crippen LogP contribution in [0.2, 0.25) is 0 Å².